The molecule has 2 bridgehead atoms. The topological polar surface area (TPSA) is 74.8 Å². The zero-order chi connectivity index (χ0) is 27.2. The number of anilines is 2. The zero-order valence-corrected chi connectivity index (χ0v) is 23.0. The predicted molar refractivity (Wildman–Crippen MR) is 150 cm³/mol. The molecular weight excluding hydrogens is 556 g/mol. The molecule has 3 aromatic rings. The number of carbonyl (C=O) groups is 4. The van der Waals surface area contributed by atoms with Gasteiger partial charge in [-0.05, 0) is 54.8 Å². The smallest absolute Gasteiger partial charge is 0.238 e. The zero-order valence-electron chi connectivity index (χ0n) is 21.4. The number of benzene rings is 3. The number of amides is 4. The Labute approximate surface area is 234 Å². The number of nitrogens with zero attached hydrogens (tertiary/aromatic N) is 2. The standard InChI is InChI=1S/C32H25BrN2O4/c1-17-7-3-5-9-22(17)34-28(36)24-21-15-16-32(26(24)30(34)38,19-11-13-20(33)14-12-19)27-25(21)29(37)35(31(27)39)23-10-6-4-8-18(23)2/h3-16,21,24-27H,1-2H3/t21?,24-,25-,26-,27?,32?/m0/s1. The van der Waals surface area contributed by atoms with Crippen molar-refractivity contribution in [3.05, 3.63) is 106 Å². The third-order valence-corrected chi connectivity index (χ3v) is 9.74. The SMILES string of the molecule is Cc1ccccc1N1C(=O)C2[C@@H](C1=O)C1C=CC2(c2ccc(Br)cc2)[C@@H]2C(=O)N(c3ccccc3C)C(=O)[C@@H]12. The summed E-state index contributed by atoms with van der Waals surface area (Å²) in [4.78, 5) is 59.7. The summed E-state index contributed by atoms with van der Waals surface area (Å²) < 4.78 is 0.856. The maximum atomic E-state index is 14.4. The summed E-state index contributed by atoms with van der Waals surface area (Å²) in [6, 6.07) is 22.2. The second kappa shape index (κ2) is 8.33. The van der Waals surface area contributed by atoms with E-state index in [4.69, 9.17) is 0 Å². The molecule has 2 saturated heterocycles. The molecule has 1 saturated carbocycles. The van der Waals surface area contributed by atoms with Crippen LogP contribution in [0.3, 0.4) is 0 Å². The third-order valence-electron chi connectivity index (χ3n) is 9.21. The Kier molecular flexibility index (Phi) is 5.17. The predicted octanol–water partition coefficient (Wildman–Crippen LogP) is 5.11. The molecule has 8 rings (SSSR count). The van der Waals surface area contributed by atoms with Gasteiger partial charge in [0.1, 0.15) is 0 Å². The van der Waals surface area contributed by atoms with Crippen LogP contribution in [0, 0.1) is 43.4 Å². The van der Waals surface area contributed by atoms with Crippen LogP contribution in [0.1, 0.15) is 16.7 Å². The minimum absolute atomic E-state index is 0.303. The number of allylic oxidation sites excluding steroid dienone is 2. The minimum atomic E-state index is -1.14. The van der Waals surface area contributed by atoms with Crippen molar-refractivity contribution in [2.45, 2.75) is 19.3 Å². The Morgan fingerprint density at radius 3 is 1.56 bits per heavy atom. The van der Waals surface area contributed by atoms with Gasteiger partial charge in [-0.15, -0.1) is 0 Å². The normalized spacial score (nSPS) is 30.8. The first-order valence-electron chi connectivity index (χ1n) is 13.1. The highest BCUT2D eigenvalue weighted by Crippen LogP contribution is 2.65. The number of hydrogen-bond acceptors (Lipinski definition) is 4. The van der Waals surface area contributed by atoms with Crippen LogP contribution in [-0.2, 0) is 24.6 Å². The summed E-state index contributed by atoms with van der Waals surface area (Å²) in [5.41, 5.74) is 2.35. The summed E-state index contributed by atoms with van der Waals surface area (Å²) in [6.45, 7) is 3.74. The van der Waals surface area contributed by atoms with E-state index in [1.165, 1.54) is 9.80 Å². The molecule has 3 aliphatic carbocycles. The number of aryl methyl sites for hydroxylation is 2. The maximum Gasteiger partial charge on any atom is 0.238 e. The molecule has 2 aliphatic heterocycles. The van der Waals surface area contributed by atoms with E-state index in [9.17, 15) is 19.2 Å². The maximum absolute atomic E-state index is 14.4. The van der Waals surface area contributed by atoms with Gasteiger partial charge in [0.15, 0.2) is 0 Å². The Bertz CT molecular complexity index is 1540. The van der Waals surface area contributed by atoms with Gasteiger partial charge in [0, 0.05) is 15.8 Å². The lowest BCUT2D eigenvalue weighted by molar-refractivity contribution is -0.140. The van der Waals surface area contributed by atoms with Gasteiger partial charge in [-0.25, -0.2) is 9.80 Å². The lowest BCUT2D eigenvalue weighted by Gasteiger charge is -2.53. The Morgan fingerprint density at radius 2 is 1.10 bits per heavy atom. The number of para-hydroxylation sites is 2. The first kappa shape index (κ1) is 24.2. The first-order chi connectivity index (χ1) is 18.8. The molecule has 0 N–H and O–H groups in total. The molecule has 0 aromatic heterocycles. The van der Waals surface area contributed by atoms with E-state index in [0.29, 0.717) is 11.4 Å². The van der Waals surface area contributed by atoms with Gasteiger partial charge in [0.2, 0.25) is 23.6 Å². The molecule has 0 spiro atoms. The molecular formula is C32H25BrN2O4. The van der Waals surface area contributed by atoms with Crippen molar-refractivity contribution in [3.8, 4) is 0 Å². The molecule has 3 unspecified atom stereocenters. The van der Waals surface area contributed by atoms with Crippen LogP contribution in [0.15, 0.2) is 89.4 Å². The van der Waals surface area contributed by atoms with E-state index in [1.807, 2.05) is 86.7 Å². The van der Waals surface area contributed by atoms with E-state index in [0.717, 1.165) is 21.2 Å². The molecule has 6 atom stereocenters. The van der Waals surface area contributed by atoms with Gasteiger partial charge in [-0.1, -0.05) is 76.6 Å². The van der Waals surface area contributed by atoms with Crippen LogP contribution >= 0.6 is 15.9 Å². The monoisotopic (exact) mass is 580 g/mol. The number of hydrogen-bond donors (Lipinski definition) is 0. The summed E-state index contributed by atoms with van der Waals surface area (Å²) in [5.74, 6) is -4.85. The number of imide groups is 2. The molecule has 3 aromatic carbocycles. The average molecular weight is 581 g/mol. The molecule has 7 heteroatoms. The van der Waals surface area contributed by atoms with Crippen molar-refractivity contribution in [3.63, 3.8) is 0 Å². The van der Waals surface area contributed by atoms with Crippen LogP contribution in [0.25, 0.3) is 0 Å². The number of carbonyl (C=O) groups excluding carboxylic acids is 4. The van der Waals surface area contributed by atoms with Crippen molar-refractivity contribution in [2.75, 3.05) is 9.80 Å². The molecule has 0 radical (unpaired) electrons. The Morgan fingerprint density at radius 1 is 0.641 bits per heavy atom. The quantitative estimate of drug-likeness (QED) is 0.318. The highest BCUT2D eigenvalue weighted by atomic mass is 79.9. The first-order valence-corrected chi connectivity index (χ1v) is 13.9. The fourth-order valence-electron chi connectivity index (χ4n) is 7.59. The summed E-state index contributed by atoms with van der Waals surface area (Å²) in [5, 5.41) is 0. The van der Waals surface area contributed by atoms with Crippen LogP contribution in [0.4, 0.5) is 11.4 Å². The van der Waals surface area contributed by atoms with Gasteiger partial charge < -0.3 is 0 Å². The molecule has 2 heterocycles. The van der Waals surface area contributed by atoms with Gasteiger partial charge in [-0.2, -0.15) is 0 Å². The number of halogens is 1. The Balaban J connectivity index is 1.45. The minimum Gasteiger partial charge on any atom is -0.274 e. The van der Waals surface area contributed by atoms with E-state index in [1.54, 1.807) is 12.1 Å². The van der Waals surface area contributed by atoms with Crippen LogP contribution in [0.2, 0.25) is 0 Å². The van der Waals surface area contributed by atoms with Crippen molar-refractivity contribution in [1.82, 2.24) is 0 Å². The average Bonchev–Trinajstić information content (AvgIpc) is 3.37. The van der Waals surface area contributed by atoms with Crippen LogP contribution < -0.4 is 9.80 Å². The summed E-state index contributed by atoms with van der Waals surface area (Å²) in [6.07, 6.45) is 3.87. The second-order valence-corrected chi connectivity index (χ2v) is 11.9. The van der Waals surface area contributed by atoms with Crippen LogP contribution in [-0.4, -0.2) is 23.6 Å². The van der Waals surface area contributed by atoms with Gasteiger partial charge in [0.05, 0.1) is 35.0 Å². The molecule has 5 aliphatic rings. The van der Waals surface area contributed by atoms with Crippen LogP contribution in [0.5, 0.6) is 0 Å². The lowest BCUT2D eigenvalue weighted by atomic mass is 9.45. The number of rotatable bonds is 3. The van der Waals surface area contributed by atoms with Crippen molar-refractivity contribution >= 4 is 50.9 Å². The van der Waals surface area contributed by atoms with E-state index in [-0.39, 0.29) is 23.6 Å². The molecule has 3 fully saturated rings. The van der Waals surface area contributed by atoms with Gasteiger partial charge >= 0.3 is 0 Å². The lowest BCUT2D eigenvalue weighted by Crippen LogP contribution is -2.60. The van der Waals surface area contributed by atoms with Crippen molar-refractivity contribution in [2.24, 2.45) is 29.6 Å². The second-order valence-electron chi connectivity index (χ2n) is 11.0. The fourth-order valence-corrected chi connectivity index (χ4v) is 7.86. The molecule has 194 valence electrons. The fraction of sp³-hybridized carbons (Fsp3) is 0.250. The third kappa shape index (κ3) is 3.02. The van der Waals surface area contributed by atoms with E-state index in [2.05, 4.69) is 15.9 Å². The van der Waals surface area contributed by atoms with Gasteiger partial charge in [0.25, 0.3) is 0 Å². The van der Waals surface area contributed by atoms with Crippen molar-refractivity contribution in [1.29, 1.82) is 0 Å². The highest BCUT2D eigenvalue weighted by molar-refractivity contribution is 9.10. The van der Waals surface area contributed by atoms with Crippen molar-refractivity contribution < 1.29 is 19.2 Å². The Hall–Kier alpha value is -3.84. The molecule has 4 amide bonds. The largest absolute Gasteiger partial charge is 0.274 e. The molecule has 39 heavy (non-hydrogen) atoms. The highest BCUT2D eigenvalue weighted by Gasteiger charge is 2.75. The summed E-state index contributed by atoms with van der Waals surface area (Å²) >= 11 is 3.49. The molecule has 6 nitrogen and oxygen atoms in total. The van der Waals surface area contributed by atoms with Gasteiger partial charge in [-0.3, -0.25) is 19.2 Å². The van der Waals surface area contributed by atoms with E-state index < -0.39 is 35.0 Å². The van der Waals surface area contributed by atoms with E-state index >= 15 is 0 Å². The summed E-state index contributed by atoms with van der Waals surface area (Å²) in [7, 11) is 0.